The highest BCUT2D eigenvalue weighted by atomic mass is 79.9. The first-order chi connectivity index (χ1) is 16.3. The second-order valence-electron chi connectivity index (χ2n) is 7.34. The van der Waals surface area contributed by atoms with Gasteiger partial charge in [0.1, 0.15) is 6.61 Å². The van der Waals surface area contributed by atoms with Gasteiger partial charge >= 0.3 is 0 Å². The summed E-state index contributed by atoms with van der Waals surface area (Å²) in [6, 6.07) is 16.7. The molecule has 4 rings (SSSR count). The molecule has 0 unspecified atom stereocenters. The van der Waals surface area contributed by atoms with Crippen LogP contribution in [0, 0.1) is 0 Å². The molecule has 1 aliphatic heterocycles. The van der Waals surface area contributed by atoms with Gasteiger partial charge in [0.2, 0.25) is 0 Å². The summed E-state index contributed by atoms with van der Waals surface area (Å²) < 4.78 is 14.0. The van der Waals surface area contributed by atoms with Crippen LogP contribution < -0.4 is 14.5 Å². The van der Waals surface area contributed by atoms with E-state index in [-0.39, 0.29) is 12.5 Å². The lowest BCUT2D eigenvalue weighted by Crippen LogP contribution is -2.21. The minimum Gasteiger partial charge on any atom is -0.493 e. The Bertz CT molecular complexity index is 1320. The second kappa shape index (κ2) is 10.6. The zero-order valence-corrected chi connectivity index (χ0v) is 23.6. The number of methoxy groups -OCH3 is 1. The quantitative estimate of drug-likeness (QED) is 0.250. The van der Waals surface area contributed by atoms with Crippen molar-refractivity contribution in [2.24, 2.45) is 5.10 Å². The molecule has 3 aromatic rings. The third-order valence-corrected chi connectivity index (χ3v) is 8.18. The van der Waals surface area contributed by atoms with Crippen LogP contribution in [-0.4, -0.2) is 18.7 Å². The first-order valence-corrected chi connectivity index (χ1v) is 12.8. The fourth-order valence-electron chi connectivity index (χ4n) is 3.36. The van der Waals surface area contributed by atoms with Crippen LogP contribution in [0.25, 0.3) is 6.08 Å². The van der Waals surface area contributed by atoms with Crippen molar-refractivity contribution >= 4 is 82.8 Å². The standard InChI is InChI=1S/C25H18Br3ClN2O3/c1-14-19(25(32)31(30-14)18-9-7-17(26)8-10-18)11-16-12-21(33-2)24(23(28)22(16)27)34-13-15-5-3-4-6-20(15)29/h3-12H,13H2,1-2H3/b19-11+. The highest BCUT2D eigenvalue weighted by Crippen LogP contribution is 2.44. The number of hydrazone groups is 1. The maximum absolute atomic E-state index is 13.2. The van der Waals surface area contributed by atoms with Crippen LogP contribution in [0.5, 0.6) is 11.5 Å². The lowest BCUT2D eigenvalue weighted by atomic mass is 10.1. The molecule has 1 aliphatic rings. The van der Waals surface area contributed by atoms with Crippen LogP contribution in [-0.2, 0) is 11.4 Å². The number of carbonyl (C=O) groups excluding carboxylic acids is 1. The predicted octanol–water partition coefficient (Wildman–Crippen LogP) is 8.02. The van der Waals surface area contributed by atoms with Gasteiger partial charge in [0.05, 0.1) is 28.6 Å². The summed E-state index contributed by atoms with van der Waals surface area (Å²) in [6.45, 7) is 2.08. The normalized spacial score (nSPS) is 14.5. The molecule has 1 amide bonds. The molecule has 0 saturated heterocycles. The molecule has 9 heteroatoms. The summed E-state index contributed by atoms with van der Waals surface area (Å²) in [5.41, 5.74) is 3.40. The number of ether oxygens (including phenoxy) is 2. The van der Waals surface area contributed by atoms with Crippen LogP contribution >= 0.6 is 59.4 Å². The number of hydrogen-bond acceptors (Lipinski definition) is 4. The first kappa shape index (κ1) is 25.0. The van der Waals surface area contributed by atoms with Crippen LogP contribution in [0.15, 0.2) is 78.7 Å². The Kier molecular flexibility index (Phi) is 7.82. The Labute approximate surface area is 227 Å². The van der Waals surface area contributed by atoms with E-state index < -0.39 is 0 Å². The van der Waals surface area contributed by atoms with Crippen LogP contribution in [0.4, 0.5) is 5.69 Å². The minimum absolute atomic E-state index is 0.208. The molecular weight excluding hydrogens is 651 g/mol. The van der Waals surface area contributed by atoms with Gasteiger partial charge < -0.3 is 9.47 Å². The van der Waals surface area contributed by atoms with Crippen molar-refractivity contribution in [2.75, 3.05) is 12.1 Å². The van der Waals surface area contributed by atoms with Crippen molar-refractivity contribution in [3.63, 3.8) is 0 Å². The zero-order chi connectivity index (χ0) is 24.4. The van der Waals surface area contributed by atoms with Gasteiger partial charge in [-0.3, -0.25) is 4.79 Å². The first-order valence-electron chi connectivity index (χ1n) is 10.1. The van der Waals surface area contributed by atoms with E-state index in [1.807, 2.05) is 61.5 Å². The Hall–Kier alpha value is -2.13. The number of hydrogen-bond donors (Lipinski definition) is 0. The van der Waals surface area contributed by atoms with Crippen molar-refractivity contribution in [2.45, 2.75) is 13.5 Å². The van der Waals surface area contributed by atoms with E-state index in [0.29, 0.717) is 38.0 Å². The highest BCUT2D eigenvalue weighted by Gasteiger charge is 2.29. The summed E-state index contributed by atoms with van der Waals surface area (Å²) in [6.07, 6.45) is 1.79. The van der Waals surface area contributed by atoms with Gasteiger partial charge in [-0.1, -0.05) is 45.7 Å². The summed E-state index contributed by atoms with van der Waals surface area (Å²) in [5.74, 6) is 0.829. The number of amides is 1. The average molecular weight is 670 g/mol. The van der Waals surface area contributed by atoms with Crippen molar-refractivity contribution < 1.29 is 14.3 Å². The summed E-state index contributed by atoms with van der Waals surface area (Å²) >= 11 is 16.9. The Morgan fingerprint density at radius 1 is 1.06 bits per heavy atom. The van der Waals surface area contributed by atoms with Crippen LogP contribution in [0.2, 0.25) is 5.02 Å². The molecule has 0 bridgehead atoms. The van der Waals surface area contributed by atoms with E-state index in [1.165, 1.54) is 5.01 Å². The Morgan fingerprint density at radius 2 is 1.76 bits per heavy atom. The molecule has 34 heavy (non-hydrogen) atoms. The summed E-state index contributed by atoms with van der Waals surface area (Å²) in [7, 11) is 1.57. The largest absolute Gasteiger partial charge is 0.493 e. The van der Waals surface area contributed by atoms with Crippen molar-refractivity contribution in [1.82, 2.24) is 0 Å². The molecule has 0 N–H and O–H groups in total. The predicted molar refractivity (Wildman–Crippen MR) is 147 cm³/mol. The second-order valence-corrected chi connectivity index (χ2v) is 10.3. The molecule has 0 saturated carbocycles. The van der Waals surface area contributed by atoms with E-state index in [2.05, 4.69) is 52.9 Å². The molecule has 0 atom stereocenters. The van der Waals surface area contributed by atoms with Gasteiger partial charge in [0.25, 0.3) is 5.91 Å². The number of anilines is 1. The third kappa shape index (κ3) is 5.10. The van der Waals surface area contributed by atoms with E-state index in [1.54, 1.807) is 13.2 Å². The molecule has 0 aliphatic carbocycles. The van der Waals surface area contributed by atoms with Crippen molar-refractivity contribution in [3.05, 3.63) is 89.7 Å². The molecule has 174 valence electrons. The molecular formula is C25H18Br3ClN2O3. The van der Waals surface area contributed by atoms with Gasteiger partial charge in [-0.15, -0.1) is 0 Å². The lowest BCUT2D eigenvalue weighted by molar-refractivity contribution is -0.114. The van der Waals surface area contributed by atoms with Gasteiger partial charge in [0, 0.05) is 19.5 Å². The highest BCUT2D eigenvalue weighted by molar-refractivity contribution is 9.13. The zero-order valence-electron chi connectivity index (χ0n) is 18.1. The van der Waals surface area contributed by atoms with Crippen molar-refractivity contribution in [3.8, 4) is 11.5 Å². The molecule has 3 aromatic carbocycles. The smallest absolute Gasteiger partial charge is 0.280 e. The van der Waals surface area contributed by atoms with Crippen molar-refractivity contribution in [1.29, 1.82) is 0 Å². The van der Waals surface area contributed by atoms with E-state index in [4.69, 9.17) is 21.1 Å². The number of rotatable bonds is 6. The van der Waals surface area contributed by atoms with E-state index in [9.17, 15) is 4.79 Å². The third-order valence-electron chi connectivity index (χ3n) is 5.14. The van der Waals surface area contributed by atoms with Crippen LogP contribution in [0.1, 0.15) is 18.1 Å². The molecule has 0 aromatic heterocycles. The Morgan fingerprint density at radius 3 is 2.44 bits per heavy atom. The molecule has 0 radical (unpaired) electrons. The molecule has 5 nitrogen and oxygen atoms in total. The fraction of sp³-hybridized carbons (Fsp3) is 0.120. The van der Waals surface area contributed by atoms with E-state index in [0.717, 1.165) is 20.1 Å². The maximum atomic E-state index is 13.2. The van der Waals surface area contributed by atoms with Gasteiger partial charge in [-0.05, 0) is 86.8 Å². The number of benzene rings is 3. The van der Waals surface area contributed by atoms with E-state index >= 15 is 0 Å². The SMILES string of the molecule is COc1cc(/C=C2/C(=O)N(c3ccc(Br)cc3)N=C2C)c(Br)c(Br)c1OCc1ccccc1Cl. The summed E-state index contributed by atoms with van der Waals surface area (Å²) in [4.78, 5) is 13.2. The summed E-state index contributed by atoms with van der Waals surface area (Å²) in [5, 5.41) is 6.48. The number of nitrogens with zero attached hydrogens (tertiary/aromatic N) is 2. The topological polar surface area (TPSA) is 51.1 Å². The Balaban J connectivity index is 1.65. The van der Waals surface area contributed by atoms with Gasteiger partial charge in [-0.25, -0.2) is 0 Å². The minimum atomic E-state index is -0.208. The number of carbonyl (C=O) groups is 1. The monoisotopic (exact) mass is 666 g/mol. The average Bonchev–Trinajstić information content (AvgIpc) is 3.11. The maximum Gasteiger partial charge on any atom is 0.280 e. The molecule has 0 spiro atoms. The van der Waals surface area contributed by atoms with Gasteiger partial charge in [0.15, 0.2) is 11.5 Å². The fourth-order valence-corrected chi connectivity index (χ4v) is 4.76. The molecule has 0 fully saturated rings. The lowest BCUT2D eigenvalue weighted by Gasteiger charge is -2.16. The van der Waals surface area contributed by atoms with Gasteiger partial charge in [-0.2, -0.15) is 10.1 Å². The molecule has 1 heterocycles. The number of halogens is 4. The van der Waals surface area contributed by atoms with Crippen LogP contribution in [0.3, 0.4) is 0 Å².